The summed E-state index contributed by atoms with van der Waals surface area (Å²) >= 11 is 0. The highest BCUT2D eigenvalue weighted by Gasteiger charge is 2.02. The minimum Gasteiger partial charge on any atom is -0.463 e. The van der Waals surface area contributed by atoms with Gasteiger partial charge in [0, 0.05) is 11.5 Å². The molecule has 0 spiro atoms. The molecule has 0 fully saturated rings. The predicted molar refractivity (Wildman–Crippen MR) is 43.8 cm³/mol. The van der Waals surface area contributed by atoms with Gasteiger partial charge in [-0.1, -0.05) is 0 Å². The second-order valence-corrected chi connectivity index (χ2v) is 2.61. The molecule has 0 aliphatic rings. The standard InChI is InChI=1S/C9H5NO2/c1-3-12-9-6(1)5-8-7(10-9)2-4-11-8/h1-5H. The van der Waals surface area contributed by atoms with Crippen LogP contribution in [0.25, 0.3) is 22.2 Å². The largest absolute Gasteiger partial charge is 0.463 e. The van der Waals surface area contributed by atoms with E-state index >= 15 is 0 Å². The van der Waals surface area contributed by atoms with Crippen LogP contribution in [0.1, 0.15) is 0 Å². The van der Waals surface area contributed by atoms with Crippen LogP contribution in [0, 0.1) is 0 Å². The Bertz CT molecular complexity index is 444. The topological polar surface area (TPSA) is 39.2 Å². The van der Waals surface area contributed by atoms with Crippen molar-refractivity contribution in [2.45, 2.75) is 0 Å². The minimum atomic E-state index is 0.656. The molecule has 58 valence electrons. The molecule has 3 nitrogen and oxygen atoms in total. The van der Waals surface area contributed by atoms with Crippen LogP contribution in [0.15, 0.2) is 39.6 Å². The maximum atomic E-state index is 5.19. The van der Waals surface area contributed by atoms with E-state index in [1.54, 1.807) is 12.5 Å². The lowest BCUT2D eigenvalue weighted by molar-refractivity contribution is 0.602. The summed E-state index contributed by atoms with van der Waals surface area (Å²) in [4.78, 5) is 4.24. The van der Waals surface area contributed by atoms with Crippen molar-refractivity contribution in [3.05, 3.63) is 30.7 Å². The van der Waals surface area contributed by atoms with Crippen LogP contribution >= 0.6 is 0 Å². The molecule has 0 radical (unpaired) electrons. The Morgan fingerprint density at radius 3 is 3.00 bits per heavy atom. The summed E-state index contributed by atoms with van der Waals surface area (Å²) in [7, 11) is 0. The van der Waals surface area contributed by atoms with Gasteiger partial charge in [0.15, 0.2) is 5.58 Å². The minimum absolute atomic E-state index is 0.656. The van der Waals surface area contributed by atoms with Gasteiger partial charge in [-0.15, -0.1) is 0 Å². The van der Waals surface area contributed by atoms with Crippen molar-refractivity contribution < 1.29 is 8.83 Å². The van der Waals surface area contributed by atoms with Crippen molar-refractivity contribution in [2.24, 2.45) is 0 Å². The van der Waals surface area contributed by atoms with E-state index in [9.17, 15) is 0 Å². The summed E-state index contributed by atoms with van der Waals surface area (Å²) in [5.74, 6) is 0. The fourth-order valence-electron chi connectivity index (χ4n) is 1.28. The van der Waals surface area contributed by atoms with Gasteiger partial charge in [0.1, 0.15) is 5.52 Å². The summed E-state index contributed by atoms with van der Waals surface area (Å²) in [5, 5.41) is 0.970. The SMILES string of the molecule is c1cc2nc3occc3cc2o1. The molecule has 0 aliphatic carbocycles. The third-order valence-corrected chi connectivity index (χ3v) is 1.86. The highest BCUT2D eigenvalue weighted by molar-refractivity contribution is 5.86. The van der Waals surface area contributed by atoms with E-state index in [1.165, 1.54) is 0 Å². The van der Waals surface area contributed by atoms with Gasteiger partial charge >= 0.3 is 0 Å². The molecule has 0 saturated carbocycles. The van der Waals surface area contributed by atoms with Gasteiger partial charge in [0.25, 0.3) is 0 Å². The van der Waals surface area contributed by atoms with Crippen molar-refractivity contribution in [1.82, 2.24) is 4.98 Å². The molecule has 3 aromatic rings. The number of hydrogen-bond donors (Lipinski definition) is 0. The molecule has 0 bridgehead atoms. The highest BCUT2D eigenvalue weighted by atomic mass is 16.3. The van der Waals surface area contributed by atoms with Crippen LogP contribution < -0.4 is 0 Å². The zero-order valence-corrected chi connectivity index (χ0v) is 6.15. The third kappa shape index (κ3) is 0.625. The average molecular weight is 159 g/mol. The van der Waals surface area contributed by atoms with Crippen molar-refractivity contribution in [3.8, 4) is 0 Å². The number of furan rings is 2. The molecule has 0 unspecified atom stereocenters. The van der Waals surface area contributed by atoms with Crippen molar-refractivity contribution in [3.63, 3.8) is 0 Å². The van der Waals surface area contributed by atoms with Gasteiger partial charge in [-0.05, 0) is 12.1 Å². The molecule has 0 aromatic carbocycles. The van der Waals surface area contributed by atoms with Gasteiger partial charge < -0.3 is 8.83 Å². The van der Waals surface area contributed by atoms with E-state index in [0.29, 0.717) is 5.71 Å². The second-order valence-electron chi connectivity index (χ2n) is 2.61. The van der Waals surface area contributed by atoms with Crippen LogP contribution in [-0.4, -0.2) is 4.98 Å². The fourth-order valence-corrected chi connectivity index (χ4v) is 1.28. The number of aromatic nitrogens is 1. The van der Waals surface area contributed by atoms with Crippen LogP contribution in [0.5, 0.6) is 0 Å². The predicted octanol–water partition coefficient (Wildman–Crippen LogP) is 2.57. The number of rotatable bonds is 0. The second kappa shape index (κ2) is 1.88. The molecule has 3 rings (SSSR count). The summed E-state index contributed by atoms with van der Waals surface area (Å²) in [6.45, 7) is 0. The molecule has 12 heavy (non-hydrogen) atoms. The van der Waals surface area contributed by atoms with Gasteiger partial charge in [-0.2, -0.15) is 0 Å². The first-order chi connectivity index (χ1) is 5.93. The van der Waals surface area contributed by atoms with Crippen LogP contribution in [0.4, 0.5) is 0 Å². The van der Waals surface area contributed by atoms with E-state index in [2.05, 4.69) is 4.98 Å². The lowest BCUT2D eigenvalue weighted by Crippen LogP contribution is -1.72. The first-order valence-electron chi connectivity index (χ1n) is 3.65. The number of pyridine rings is 1. The fraction of sp³-hybridized carbons (Fsp3) is 0. The smallest absolute Gasteiger partial charge is 0.226 e. The maximum absolute atomic E-state index is 5.19. The lowest BCUT2D eigenvalue weighted by Gasteiger charge is -1.86. The van der Waals surface area contributed by atoms with Crippen molar-refractivity contribution in [1.29, 1.82) is 0 Å². The molecule has 0 N–H and O–H groups in total. The van der Waals surface area contributed by atoms with Crippen molar-refractivity contribution in [2.75, 3.05) is 0 Å². The van der Waals surface area contributed by atoms with Gasteiger partial charge in [-0.3, -0.25) is 0 Å². The average Bonchev–Trinajstić information content (AvgIpc) is 2.64. The van der Waals surface area contributed by atoms with E-state index in [1.807, 2.05) is 18.2 Å². The first-order valence-corrected chi connectivity index (χ1v) is 3.65. The zero-order valence-electron chi connectivity index (χ0n) is 6.15. The third-order valence-electron chi connectivity index (χ3n) is 1.86. The number of nitrogens with zero attached hydrogens (tertiary/aromatic N) is 1. The summed E-state index contributed by atoms with van der Waals surface area (Å²) in [5.41, 5.74) is 2.28. The zero-order chi connectivity index (χ0) is 7.97. The Kier molecular flexibility index (Phi) is 0.913. The molecular formula is C9H5NO2. The molecule has 3 heteroatoms. The van der Waals surface area contributed by atoms with Crippen LogP contribution in [-0.2, 0) is 0 Å². The molecule has 0 atom stereocenters. The normalized spacial score (nSPS) is 11.3. The highest BCUT2D eigenvalue weighted by Crippen LogP contribution is 2.20. The Labute approximate surface area is 67.6 Å². The van der Waals surface area contributed by atoms with Gasteiger partial charge in [0.2, 0.25) is 5.71 Å². The van der Waals surface area contributed by atoms with Crippen molar-refractivity contribution >= 4 is 22.2 Å². The Morgan fingerprint density at radius 1 is 1.08 bits per heavy atom. The monoisotopic (exact) mass is 159 g/mol. The Morgan fingerprint density at radius 2 is 2.00 bits per heavy atom. The Hall–Kier alpha value is -1.77. The molecule has 0 amide bonds. The van der Waals surface area contributed by atoms with E-state index in [4.69, 9.17) is 8.83 Å². The van der Waals surface area contributed by atoms with Crippen LogP contribution in [0.2, 0.25) is 0 Å². The molecule has 3 aromatic heterocycles. The summed E-state index contributed by atoms with van der Waals surface area (Å²) < 4.78 is 10.3. The summed E-state index contributed by atoms with van der Waals surface area (Å²) in [6.07, 6.45) is 3.24. The Balaban J connectivity index is 2.62. The maximum Gasteiger partial charge on any atom is 0.226 e. The molecule has 0 saturated heterocycles. The first kappa shape index (κ1) is 5.83. The molecule has 3 heterocycles. The van der Waals surface area contributed by atoms with Gasteiger partial charge in [-0.25, -0.2) is 4.98 Å². The molecular weight excluding hydrogens is 154 g/mol. The summed E-state index contributed by atoms with van der Waals surface area (Å²) in [6, 6.07) is 5.60. The number of hydrogen-bond acceptors (Lipinski definition) is 3. The van der Waals surface area contributed by atoms with Crippen LogP contribution in [0.3, 0.4) is 0 Å². The van der Waals surface area contributed by atoms with Gasteiger partial charge in [0.05, 0.1) is 12.5 Å². The van der Waals surface area contributed by atoms with E-state index in [-0.39, 0.29) is 0 Å². The quantitative estimate of drug-likeness (QED) is 0.506. The number of fused-ring (bicyclic) bond motifs is 2. The van der Waals surface area contributed by atoms with E-state index < -0.39 is 0 Å². The van der Waals surface area contributed by atoms with E-state index in [0.717, 1.165) is 16.5 Å². The molecule has 0 aliphatic heterocycles. The lowest BCUT2D eigenvalue weighted by atomic mass is 10.3.